The predicted molar refractivity (Wildman–Crippen MR) is 172 cm³/mol. The fraction of sp³-hybridized carbons (Fsp3) is 0.706. The molecule has 1 aliphatic heterocycles. The number of aliphatic hydroxyl groups is 4. The van der Waals surface area contributed by atoms with E-state index in [1.54, 1.807) is 30.3 Å². The monoisotopic (exact) mass is 651 g/mol. The highest BCUT2D eigenvalue weighted by Crippen LogP contribution is 2.44. The van der Waals surface area contributed by atoms with E-state index in [1.165, 1.54) is 64.2 Å². The quantitative estimate of drug-likeness (QED) is 0.0467. The summed E-state index contributed by atoms with van der Waals surface area (Å²) in [4.78, 5) is 27.5. The van der Waals surface area contributed by atoms with E-state index in [0.29, 0.717) is 23.0 Å². The van der Waals surface area contributed by atoms with Crippen LogP contribution in [-0.4, -0.2) is 71.1 Å². The molecule has 1 unspecified atom stereocenters. The average molecular weight is 652 g/mol. The summed E-state index contributed by atoms with van der Waals surface area (Å²) in [5.74, 6) is -3.29. The van der Waals surface area contributed by atoms with Crippen molar-refractivity contribution in [2.75, 3.05) is 6.61 Å². The molecule has 2 aromatic rings. The van der Waals surface area contributed by atoms with Crippen LogP contribution in [0, 0.1) is 0 Å². The van der Waals surface area contributed by atoms with Gasteiger partial charge in [-0.3, -0.25) is 9.78 Å². The van der Waals surface area contributed by atoms with E-state index in [-0.39, 0.29) is 23.5 Å². The normalized spacial score (nSPS) is 23.7. The largest absolute Gasteiger partial charge is 0.394 e. The molecule has 1 aromatic heterocycles. The minimum Gasteiger partial charge on any atom is -0.394 e. The Morgan fingerprint density at radius 1 is 0.913 bits per heavy atom. The average Bonchev–Trinajstić information content (AvgIpc) is 3.25. The molecule has 2 heterocycles. The van der Waals surface area contributed by atoms with Gasteiger partial charge < -0.3 is 30.4 Å². The van der Waals surface area contributed by atoms with E-state index >= 15 is 4.39 Å². The second-order valence-corrected chi connectivity index (χ2v) is 12.6. The van der Waals surface area contributed by atoms with Gasteiger partial charge in [-0.15, -0.1) is 5.06 Å². The molecule has 0 radical (unpaired) electrons. The maximum absolute atomic E-state index is 15.4. The molecule has 11 nitrogen and oxygen atoms in total. The van der Waals surface area contributed by atoms with Gasteiger partial charge >= 0.3 is 11.6 Å². The van der Waals surface area contributed by atoms with Gasteiger partial charge in [-0.2, -0.15) is 0 Å². The molecule has 0 aliphatic carbocycles. The maximum Gasteiger partial charge on any atom is 0.332 e. The standard InChI is InChI=1S/C34H54FN3O8/c1-2-3-4-5-6-7-8-9-10-11-12-13-14-15-19-22-29(35)38(45)33(43)30(40)28(25-39)46-34(33,44)37-24-27(31(41)36-32(37)42)23-26-20-17-16-18-21-26/h16-18,20-21,24,28-30,39-40,43-45H,2-15,19,22-23,25H2,1H3,(H,36,41,42)/t28-,29?,30-,33-,34+/m1/s1. The number of aromatic nitrogens is 2. The molecule has 1 fully saturated rings. The highest BCUT2D eigenvalue weighted by atomic mass is 19.1. The van der Waals surface area contributed by atoms with Crippen molar-refractivity contribution in [2.24, 2.45) is 0 Å². The number of H-pyrrole nitrogens is 1. The van der Waals surface area contributed by atoms with Gasteiger partial charge in [0.05, 0.1) is 6.61 Å². The molecule has 12 heteroatoms. The summed E-state index contributed by atoms with van der Waals surface area (Å²) < 4.78 is 21.1. The lowest BCUT2D eigenvalue weighted by Crippen LogP contribution is -2.69. The van der Waals surface area contributed by atoms with Gasteiger partial charge in [0.15, 0.2) is 6.30 Å². The Balaban J connectivity index is 1.55. The predicted octanol–water partition coefficient (Wildman–Crippen LogP) is 4.42. The van der Waals surface area contributed by atoms with Crippen molar-refractivity contribution >= 4 is 0 Å². The Morgan fingerprint density at radius 2 is 1.43 bits per heavy atom. The first-order chi connectivity index (χ1) is 22.1. The zero-order valence-electron chi connectivity index (χ0n) is 27.2. The number of benzene rings is 1. The Labute approximate surface area is 270 Å². The van der Waals surface area contributed by atoms with Crippen LogP contribution in [0.5, 0.6) is 0 Å². The number of aliphatic hydroxyl groups excluding tert-OH is 2. The highest BCUT2D eigenvalue weighted by molar-refractivity contribution is 5.23. The summed E-state index contributed by atoms with van der Waals surface area (Å²) in [6.07, 6.45) is 11.3. The molecular weight excluding hydrogens is 597 g/mol. The Bertz CT molecular complexity index is 1280. The second-order valence-electron chi connectivity index (χ2n) is 12.6. The van der Waals surface area contributed by atoms with Crippen LogP contribution in [0.1, 0.15) is 121 Å². The van der Waals surface area contributed by atoms with E-state index in [2.05, 4.69) is 6.92 Å². The number of hydrogen-bond acceptors (Lipinski definition) is 9. The van der Waals surface area contributed by atoms with Gasteiger partial charge in [-0.1, -0.05) is 127 Å². The fourth-order valence-corrected chi connectivity index (χ4v) is 6.17. The Kier molecular flexibility index (Phi) is 15.5. The van der Waals surface area contributed by atoms with Gasteiger partial charge in [0.25, 0.3) is 5.56 Å². The summed E-state index contributed by atoms with van der Waals surface area (Å²) >= 11 is 0. The maximum atomic E-state index is 15.4. The molecule has 5 atom stereocenters. The first-order valence-electron chi connectivity index (χ1n) is 17.0. The molecule has 6 N–H and O–H groups in total. The molecule has 3 rings (SSSR count). The summed E-state index contributed by atoms with van der Waals surface area (Å²) in [6, 6.07) is 8.75. The lowest BCUT2D eigenvalue weighted by molar-refractivity contribution is -0.428. The lowest BCUT2D eigenvalue weighted by Gasteiger charge is -2.43. The van der Waals surface area contributed by atoms with Crippen molar-refractivity contribution < 1.29 is 34.8 Å². The van der Waals surface area contributed by atoms with Crippen molar-refractivity contribution in [3.63, 3.8) is 0 Å². The number of ether oxygens (including phenoxy) is 1. The van der Waals surface area contributed by atoms with E-state index in [1.807, 2.05) is 4.98 Å². The van der Waals surface area contributed by atoms with Crippen LogP contribution in [0.25, 0.3) is 0 Å². The number of nitrogens with one attached hydrogen (secondary N) is 1. The molecule has 46 heavy (non-hydrogen) atoms. The van der Waals surface area contributed by atoms with Gasteiger partial charge in [0.1, 0.15) is 12.2 Å². The third-order valence-corrected chi connectivity index (χ3v) is 8.98. The minimum absolute atomic E-state index is 0.0186. The number of hydrogen-bond donors (Lipinski definition) is 6. The first-order valence-corrected chi connectivity index (χ1v) is 17.0. The topological polar surface area (TPSA) is 168 Å². The fourth-order valence-electron chi connectivity index (χ4n) is 6.17. The number of halogens is 1. The molecule has 0 spiro atoms. The van der Waals surface area contributed by atoms with Gasteiger partial charge in [0.2, 0.25) is 5.72 Å². The summed E-state index contributed by atoms with van der Waals surface area (Å²) in [5.41, 5.74) is -4.68. The van der Waals surface area contributed by atoms with Crippen LogP contribution in [0.2, 0.25) is 0 Å². The molecule has 0 bridgehead atoms. The van der Waals surface area contributed by atoms with E-state index in [4.69, 9.17) is 4.74 Å². The van der Waals surface area contributed by atoms with Gasteiger partial charge in [0, 0.05) is 18.2 Å². The minimum atomic E-state index is -3.33. The van der Waals surface area contributed by atoms with Crippen LogP contribution in [0.4, 0.5) is 4.39 Å². The number of aromatic amines is 1. The zero-order chi connectivity index (χ0) is 33.6. The third kappa shape index (κ3) is 9.56. The van der Waals surface area contributed by atoms with Crippen molar-refractivity contribution in [1.82, 2.24) is 14.6 Å². The third-order valence-electron chi connectivity index (χ3n) is 8.98. The molecule has 0 amide bonds. The number of rotatable bonds is 22. The van der Waals surface area contributed by atoms with Crippen LogP contribution in [-0.2, 0) is 17.1 Å². The van der Waals surface area contributed by atoms with E-state index < -0.39 is 48.0 Å². The van der Waals surface area contributed by atoms with Gasteiger partial charge in [-0.05, 0) is 18.4 Å². The molecule has 260 valence electrons. The molecule has 1 aromatic carbocycles. The first kappa shape index (κ1) is 38.0. The molecule has 1 aliphatic rings. The van der Waals surface area contributed by atoms with Crippen molar-refractivity contribution in [3.8, 4) is 0 Å². The van der Waals surface area contributed by atoms with Crippen molar-refractivity contribution in [2.45, 2.75) is 146 Å². The highest BCUT2D eigenvalue weighted by Gasteiger charge is 2.71. The number of hydroxylamine groups is 2. The smallest absolute Gasteiger partial charge is 0.332 e. The van der Waals surface area contributed by atoms with Crippen LogP contribution < -0.4 is 11.2 Å². The SMILES string of the molecule is CCCCCCCCCCCCCCCCCC(F)N(O)[C@@]1(O)[C@H](O)[C@@H](CO)O[C@]1(O)n1cc(Cc2ccccc2)c(=O)[nH]c1=O. The van der Waals surface area contributed by atoms with Crippen LogP contribution >= 0.6 is 0 Å². The van der Waals surface area contributed by atoms with E-state index in [9.17, 15) is 35.2 Å². The molecular formula is C34H54FN3O8. The molecule has 1 saturated heterocycles. The number of unbranched alkanes of at least 4 members (excludes halogenated alkanes) is 14. The van der Waals surface area contributed by atoms with E-state index in [0.717, 1.165) is 25.5 Å². The van der Waals surface area contributed by atoms with Gasteiger partial charge in [-0.25, -0.2) is 13.8 Å². The van der Waals surface area contributed by atoms with Crippen molar-refractivity contribution in [1.29, 1.82) is 0 Å². The summed E-state index contributed by atoms with van der Waals surface area (Å²) in [5, 5.41) is 54.3. The van der Waals surface area contributed by atoms with Crippen LogP contribution in [0.15, 0.2) is 46.1 Å². The Hall–Kier alpha value is -2.45. The summed E-state index contributed by atoms with van der Waals surface area (Å²) in [7, 11) is 0. The zero-order valence-corrected chi connectivity index (χ0v) is 27.2. The second kappa shape index (κ2) is 18.8. The Morgan fingerprint density at radius 3 is 1.96 bits per heavy atom. The number of nitrogens with zero attached hydrogens (tertiary/aromatic N) is 2. The lowest BCUT2D eigenvalue weighted by atomic mass is 9.99. The summed E-state index contributed by atoms with van der Waals surface area (Å²) in [6.45, 7) is 1.29. The van der Waals surface area contributed by atoms with Crippen LogP contribution in [0.3, 0.4) is 0 Å². The molecule has 0 saturated carbocycles. The van der Waals surface area contributed by atoms with Crippen molar-refractivity contribution in [3.05, 3.63) is 68.5 Å². The number of alkyl halides is 1.